The molecule has 0 aromatic heterocycles. The van der Waals surface area contributed by atoms with E-state index in [2.05, 4.69) is 12.2 Å². The van der Waals surface area contributed by atoms with Crippen molar-refractivity contribution in [3.05, 3.63) is 59.4 Å². The monoisotopic (exact) mass is 851 g/mol. The quantitative estimate of drug-likeness (QED) is 0.0277. The lowest BCUT2D eigenvalue weighted by atomic mass is 9.94. The number of nitrogens with zero attached hydrogens (tertiary/aromatic N) is 1. The van der Waals surface area contributed by atoms with Gasteiger partial charge in [0.15, 0.2) is 0 Å². The van der Waals surface area contributed by atoms with Gasteiger partial charge in [0.2, 0.25) is 6.41 Å². The van der Waals surface area contributed by atoms with Crippen LogP contribution >= 0.6 is 0 Å². The molecule has 60 heavy (non-hydrogen) atoms. The molecule has 15 nitrogen and oxygen atoms in total. The molecule has 3 unspecified atom stereocenters. The predicted molar refractivity (Wildman–Crippen MR) is 226 cm³/mol. The van der Waals surface area contributed by atoms with Crippen LogP contribution in [0.25, 0.3) is 0 Å². The molecule has 0 aliphatic carbocycles. The Kier molecular flexibility index (Phi) is 25.7. The summed E-state index contributed by atoms with van der Waals surface area (Å²) in [6.07, 6.45) is 0.810. The first-order valence-corrected chi connectivity index (χ1v) is 21.6. The third kappa shape index (κ3) is 22.0. The maximum absolute atomic E-state index is 13.3. The molecular formula is C45H74N2O13. The van der Waals surface area contributed by atoms with Crippen LogP contribution in [0.1, 0.15) is 122 Å². The molecule has 11 atom stereocenters. The fraction of sp³-hybridized carbons (Fsp3) is 0.711. The second-order valence-corrected chi connectivity index (χ2v) is 16.9. The third-order valence-corrected chi connectivity index (χ3v) is 11.0. The van der Waals surface area contributed by atoms with E-state index in [-0.39, 0.29) is 69.7 Å². The number of benzene rings is 1. The number of methoxy groups -OCH3 is 1. The van der Waals surface area contributed by atoms with Crippen molar-refractivity contribution in [1.29, 1.82) is 0 Å². The molecule has 0 radical (unpaired) electrons. The second-order valence-electron chi connectivity index (χ2n) is 16.9. The lowest BCUT2D eigenvalue weighted by molar-refractivity contribution is -0.139. The van der Waals surface area contributed by atoms with Gasteiger partial charge in [0.1, 0.15) is 11.8 Å². The van der Waals surface area contributed by atoms with E-state index in [0.717, 1.165) is 56.1 Å². The average Bonchev–Trinajstić information content (AvgIpc) is 3.47. The molecule has 1 aliphatic rings. The molecule has 0 saturated carbocycles. The van der Waals surface area contributed by atoms with Crippen molar-refractivity contribution >= 4 is 18.2 Å². The number of rotatable bonds is 33. The molecule has 0 bridgehead atoms. The number of hydrogen-bond acceptors (Lipinski definition) is 13. The van der Waals surface area contributed by atoms with Crippen molar-refractivity contribution < 1.29 is 65.1 Å². The largest absolute Gasteiger partial charge is 0.499 e. The number of unbranched alkanes of at least 4 members (excludes halogenated alkanes) is 4. The summed E-state index contributed by atoms with van der Waals surface area (Å²) in [7, 11) is 1.51. The van der Waals surface area contributed by atoms with Crippen molar-refractivity contribution in [3.8, 4) is 0 Å². The summed E-state index contributed by atoms with van der Waals surface area (Å²) in [6, 6.07) is 9.21. The fourth-order valence-electron chi connectivity index (χ4n) is 8.02. The van der Waals surface area contributed by atoms with Gasteiger partial charge in [-0.1, -0.05) is 81.4 Å². The predicted octanol–water partition coefficient (Wildman–Crippen LogP) is 2.31. The molecule has 15 heteroatoms. The average molecular weight is 851 g/mol. The highest BCUT2D eigenvalue weighted by atomic mass is 16.5. The number of imide groups is 1. The molecule has 0 spiro atoms. The third-order valence-electron chi connectivity index (χ3n) is 11.0. The molecule has 1 aliphatic heterocycles. The standard InChI is InChI=1S/C45H74N2O13/c1-30(16-31(2)17-44(58)47-42(43(60-3)27-45(47)59)18-32-13-9-7-10-14-32)12-8-5-4-6-11-15-33(49)19-34(50)20-35(51)21-36(52)22-37(53)23-38(54)24-39(55)25-40(56)26-41(57)28-46-29-48/h7,9-10,13-14,17,27,29-30,33-42,49-57H,4-6,8,11-12,15-16,18-26,28H2,1-3H3,(H,46,48)/b31-17-/t30?,33-,34+,35+,36?,37?,38+,39+,40+,41-,42-/m0/s1. The fourth-order valence-corrected chi connectivity index (χ4v) is 8.02. The Hall–Kier alpha value is -3.25. The van der Waals surface area contributed by atoms with Crippen molar-refractivity contribution in [2.24, 2.45) is 5.92 Å². The van der Waals surface area contributed by atoms with E-state index in [9.17, 15) is 60.3 Å². The number of hydrogen-bond donors (Lipinski definition) is 10. The molecule has 1 aromatic carbocycles. The smallest absolute Gasteiger partial charge is 0.257 e. The Labute approximate surface area is 355 Å². The van der Waals surface area contributed by atoms with E-state index < -0.39 is 61.0 Å². The molecule has 10 N–H and O–H groups in total. The SMILES string of the molecule is COC1=CC(=O)N(C(=O)/C=C(/C)CC(C)CCCCCCC[C@H](O)C[C@@H](O)C[C@@H](O)CC(O)CC(O)C[C@@H](O)C[C@@H](O)C[C@@H](O)C[C@H](O)CNC=O)[C@H]1Cc1ccccc1. The normalized spacial score (nSPS) is 19.7. The van der Waals surface area contributed by atoms with Gasteiger partial charge in [0.05, 0.1) is 62.0 Å². The van der Waals surface area contributed by atoms with Gasteiger partial charge in [0, 0.05) is 31.5 Å². The number of aliphatic hydroxyl groups is 9. The summed E-state index contributed by atoms with van der Waals surface area (Å²) in [4.78, 5) is 37.6. The Morgan fingerprint density at radius 1 is 0.700 bits per heavy atom. The molecule has 342 valence electrons. The molecule has 0 saturated heterocycles. The van der Waals surface area contributed by atoms with E-state index in [1.807, 2.05) is 37.3 Å². The van der Waals surface area contributed by atoms with Gasteiger partial charge in [-0.25, -0.2) is 0 Å². The van der Waals surface area contributed by atoms with Crippen LogP contribution in [-0.4, -0.2) is 144 Å². The van der Waals surface area contributed by atoms with Crippen molar-refractivity contribution in [1.82, 2.24) is 10.2 Å². The Morgan fingerprint density at radius 2 is 1.15 bits per heavy atom. The van der Waals surface area contributed by atoms with Crippen LogP contribution in [0, 0.1) is 5.92 Å². The van der Waals surface area contributed by atoms with E-state index in [0.29, 0.717) is 30.9 Å². The van der Waals surface area contributed by atoms with Gasteiger partial charge in [0.25, 0.3) is 11.8 Å². The zero-order valence-corrected chi connectivity index (χ0v) is 35.8. The van der Waals surface area contributed by atoms with E-state index in [1.54, 1.807) is 6.08 Å². The topological polar surface area (TPSA) is 258 Å². The summed E-state index contributed by atoms with van der Waals surface area (Å²) in [5.74, 6) is 0.128. The Morgan fingerprint density at radius 3 is 1.63 bits per heavy atom. The molecule has 3 amide bonds. The van der Waals surface area contributed by atoms with Crippen LogP contribution in [0.15, 0.2) is 53.8 Å². The zero-order valence-electron chi connectivity index (χ0n) is 35.8. The number of carbonyl (C=O) groups is 3. The highest BCUT2D eigenvalue weighted by Crippen LogP contribution is 2.26. The number of ether oxygens (including phenoxy) is 1. The number of carbonyl (C=O) groups excluding carboxylic acids is 3. The summed E-state index contributed by atoms with van der Waals surface area (Å²) in [6.45, 7) is 4.03. The number of allylic oxidation sites excluding steroid dienone is 1. The van der Waals surface area contributed by atoms with Gasteiger partial charge in [-0.2, -0.15) is 0 Å². The molecule has 1 aromatic rings. The Balaban J connectivity index is 1.57. The highest BCUT2D eigenvalue weighted by Gasteiger charge is 2.37. The Bertz CT molecular complexity index is 1430. The number of aliphatic hydroxyl groups excluding tert-OH is 9. The van der Waals surface area contributed by atoms with Crippen LogP contribution in [0.3, 0.4) is 0 Å². The summed E-state index contributed by atoms with van der Waals surface area (Å²) in [5.41, 5.74) is 1.92. The van der Waals surface area contributed by atoms with Gasteiger partial charge in [-0.15, -0.1) is 0 Å². The number of nitrogens with one attached hydrogen (secondary N) is 1. The van der Waals surface area contributed by atoms with E-state index in [4.69, 9.17) is 4.74 Å². The number of amides is 3. The maximum Gasteiger partial charge on any atom is 0.257 e. The van der Waals surface area contributed by atoms with Crippen molar-refractivity contribution in [3.63, 3.8) is 0 Å². The van der Waals surface area contributed by atoms with Gasteiger partial charge >= 0.3 is 0 Å². The van der Waals surface area contributed by atoms with Crippen LogP contribution in [0.5, 0.6) is 0 Å². The van der Waals surface area contributed by atoms with Crippen LogP contribution in [0.2, 0.25) is 0 Å². The van der Waals surface area contributed by atoms with E-state index in [1.165, 1.54) is 18.1 Å². The van der Waals surface area contributed by atoms with Gasteiger partial charge in [-0.05, 0) is 76.2 Å². The zero-order chi connectivity index (χ0) is 44.6. The van der Waals surface area contributed by atoms with Crippen molar-refractivity contribution in [2.45, 2.75) is 184 Å². The second kappa shape index (κ2) is 29.1. The van der Waals surface area contributed by atoms with Crippen LogP contribution in [0.4, 0.5) is 0 Å². The molecular weight excluding hydrogens is 776 g/mol. The lowest BCUT2D eigenvalue weighted by Crippen LogP contribution is -2.41. The maximum atomic E-state index is 13.3. The van der Waals surface area contributed by atoms with Gasteiger partial charge < -0.3 is 56.0 Å². The molecule has 1 heterocycles. The first kappa shape index (κ1) is 52.9. The summed E-state index contributed by atoms with van der Waals surface area (Å²) < 4.78 is 5.44. The summed E-state index contributed by atoms with van der Waals surface area (Å²) >= 11 is 0. The van der Waals surface area contributed by atoms with Gasteiger partial charge in [-0.3, -0.25) is 19.3 Å². The molecule has 0 fully saturated rings. The molecule has 2 rings (SSSR count). The lowest BCUT2D eigenvalue weighted by Gasteiger charge is -2.24. The highest BCUT2D eigenvalue weighted by molar-refractivity contribution is 6.08. The summed E-state index contributed by atoms with van der Waals surface area (Å²) in [5, 5.41) is 94.4. The minimum atomic E-state index is -1.13. The first-order valence-electron chi connectivity index (χ1n) is 21.6. The van der Waals surface area contributed by atoms with Crippen LogP contribution in [-0.2, 0) is 25.5 Å². The minimum Gasteiger partial charge on any atom is -0.499 e. The van der Waals surface area contributed by atoms with E-state index >= 15 is 0 Å². The first-order chi connectivity index (χ1) is 28.5. The minimum absolute atomic E-state index is 0.0426. The van der Waals surface area contributed by atoms with Crippen molar-refractivity contribution in [2.75, 3.05) is 13.7 Å². The van der Waals surface area contributed by atoms with Crippen LogP contribution < -0.4 is 5.32 Å².